The van der Waals surface area contributed by atoms with Gasteiger partial charge in [-0.3, -0.25) is 4.99 Å². The van der Waals surface area contributed by atoms with E-state index in [2.05, 4.69) is 79.3 Å². The van der Waals surface area contributed by atoms with Gasteiger partial charge in [-0.1, -0.05) is 55.4 Å². The van der Waals surface area contributed by atoms with Crippen LogP contribution in [0.5, 0.6) is 0 Å². The van der Waals surface area contributed by atoms with Crippen LogP contribution in [0.4, 0.5) is 0 Å². The van der Waals surface area contributed by atoms with Gasteiger partial charge in [-0.2, -0.15) is 5.10 Å². The van der Waals surface area contributed by atoms with Gasteiger partial charge in [-0.15, -0.1) is 0 Å². The van der Waals surface area contributed by atoms with Crippen LogP contribution in [0.3, 0.4) is 0 Å². The smallest absolute Gasteiger partial charge is 0.0941 e. The van der Waals surface area contributed by atoms with E-state index in [1.807, 2.05) is 6.92 Å². The van der Waals surface area contributed by atoms with Crippen molar-refractivity contribution in [3.8, 4) is 0 Å². The Morgan fingerprint density at radius 2 is 1.50 bits per heavy atom. The molecule has 0 aromatic carbocycles. The number of nitrogens with zero attached hydrogens (tertiary/aromatic N) is 2. The van der Waals surface area contributed by atoms with Crippen LogP contribution >= 0.6 is 0 Å². The summed E-state index contributed by atoms with van der Waals surface area (Å²) in [4.78, 5) is 4.24. The van der Waals surface area contributed by atoms with E-state index in [1.54, 1.807) is 6.21 Å². The lowest BCUT2D eigenvalue weighted by atomic mass is 9.66. The number of aliphatic imine (C=N–C) groups is 1. The Bertz CT molecular complexity index is 497. The van der Waals surface area contributed by atoms with Crippen LogP contribution in [0, 0.1) is 22.2 Å². The summed E-state index contributed by atoms with van der Waals surface area (Å²) in [5.41, 5.74) is 6.34. The molecule has 0 rings (SSSR count). The SMILES string of the molecule is CC(N)N=CC(=NN)C(C)C(C)(C)C(C)(C)OCCC(C)(C)C(C)(C)C. The van der Waals surface area contributed by atoms with Gasteiger partial charge >= 0.3 is 0 Å². The average molecular weight is 369 g/mol. The van der Waals surface area contributed by atoms with Crippen molar-refractivity contribution in [1.29, 1.82) is 0 Å². The van der Waals surface area contributed by atoms with E-state index < -0.39 is 0 Å². The second kappa shape index (κ2) is 8.83. The van der Waals surface area contributed by atoms with Crippen molar-refractivity contribution in [2.75, 3.05) is 6.61 Å². The molecule has 2 unspecified atom stereocenters. The van der Waals surface area contributed by atoms with Gasteiger partial charge in [-0.05, 0) is 38.0 Å². The summed E-state index contributed by atoms with van der Waals surface area (Å²) in [5, 5.41) is 3.95. The van der Waals surface area contributed by atoms with E-state index in [0.29, 0.717) is 0 Å². The van der Waals surface area contributed by atoms with Gasteiger partial charge < -0.3 is 16.3 Å². The fourth-order valence-corrected chi connectivity index (χ4v) is 2.46. The van der Waals surface area contributed by atoms with Gasteiger partial charge in [0.1, 0.15) is 0 Å². The quantitative estimate of drug-likeness (QED) is 0.354. The van der Waals surface area contributed by atoms with Crippen molar-refractivity contribution < 1.29 is 4.74 Å². The highest BCUT2D eigenvalue weighted by Crippen LogP contribution is 2.44. The highest BCUT2D eigenvalue weighted by Gasteiger charge is 2.44. The van der Waals surface area contributed by atoms with E-state index in [0.717, 1.165) is 18.7 Å². The van der Waals surface area contributed by atoms with Gasteiger partial charge in [0.05, 0.1) is 17.5 Å². The highest BCUT2D eigenvalue weighted by atomic mass is 16.5. The molecule has 0 amide bonds. The third-order valence-electron chi connectivity index (χ3n) is 6.89. The van der Waals surface area contributed by atoms with Crippen molar-refractivity contribution in [3.63, 3.8) is 0 Å². The number of rotatable bonds is 9. The Hall–Kier alpha value is -0.940. The first-order valence-electron chi connectivity index (χ1n) is 9.70. The van der Waals surface area contributed by atoms with Crippen LogP contribution in [0.1, 0.15) is 82.6 Å². The minimum absolute atomic E-state index is 0.0700. The Kier molecular flexibility index (Phi) is 8.51. The molecule has 0 saturated heterocycles. The first kappa shape index (κ1) is 25.1. The van der Waals surface area contributed by atoms with Crippen molar-refractivity contribution in [3.05, 3.63) is 0 Å². The van der Waals surface area contributed by atoms with Gasteiger partial charge in [0.2, 0.25) is 0 Å². The summed E-state index contributed by atoms with van der Waals surface area (Å²) in [5.74, 6) is 5.69. The fourth-order valence-electron chi connectivity index (χ4n) is 2.46. The molecule has 0 fully saturated rings. The normalized spacial score (nSPS) is 17.6. The lowest BCUT2D eigenvalue weighted by Gasteiger charge is -2.46. The number of hydrogen-bond donors (Lipinski definition) is 2. The molecule has 0 spiro atoms. The summed E-state index contributed by atoms with van der Waals surface area (Å²) in [6.07, 6.45) is 2.43. The second-order valence-corrected chi connectivity index (χ2v) is 10.3. The van der Waals surface area contributed by atoms with Crippen molar-refractivity contribution >= 4 is 11.9 Å². The summed E-state index contributed by atoms with van der Waals surface area (Å²) < 4.78 is 6.40. The minimum atomic E-state index is -0.349. The van der Waals surface area contributed by atoms with Crippen LogP contribution < -0.4 is 11.6 Å². The molecule has 0 aromatic rings. The monoisotopic (exact) mass is 368 g/mol. The van der Waals surface area contributed by atoms with Crippen LogP contribution in [-0.2, 0) is 4.74 Å². The number of hydrogen-bond acceptors (Lipinski definition) is 5. The predicted octanol–water partition coefficient (Wildman–Crippen LogP) is 4.60. The maximum atomic E-state index is 6.40. The van der Waals surface area contributed by atoms with E-state index in [9.17, 15) is 0 Å². The molecule has 0 aliphatic rings. The lowest BCUT2D eigenvalue weighted by Crippen LogP contribution is -2.49. The molecule has 0 saturated carbocycles. The van der Waals surface area contributed by atoms with Crippen molar-refractivity contribution in [2.45, 2.75) is 94.3 Å². The zero-order valence-corrected chi connectivity index (χ0v) is 19.1. The van der Waals surface area contributed by atoms with Crippen LogP contribution in [-0.4, -0.2) is 30.3 Å². The molecule has 5 heteroatoms. The zero-order chi connectivity index (χ0) is 21.0. The largest absolute Gasteiger partial charge is 0.375 e. The zero-order valence-electron chi connectivity index (χ0n) is 19.1. The molecular weight excluding hydrogens is 324 g/mol. The summed E-state index contributed by atoms with van der Waals surface area (Å²) in [6.45, 7) is 24.8. The lowest BCUT2D eigenvalue weighted by molar-refractivity contribution is -0.118. The topological polar surface area (TPSA) is 86.0 Å². The second-order valence-electron chi connectivity index (χ2n) is 10.3. The third kappa shape index (κ3) is 6.34. The Balaban J connectivity index is 5.19. The number of ether oxygens (including phenoxy) is 1. The number of hydrazone groups is 1. The molecule has 0 aliphatic carbocycles. The van der Waals surface area contributed by atoms with Gasteiger partial charge in [0, 0.05) is 24.2 Å². The van der Waals surface area contributed by atoms with Crippen LogP contribution in [0.15, 0.2) is 10.1 Å². The van der Waals surface area contributed by atoms with Gasteiger partial charge in [0.25, 0.3) is 0 Å². The molecule has 4 N–H and O–H groups in total. The Morgan fingerprint density at radius 3 is 1.88 bits per heavy atom. The molecule has 0 bridgehead atoms. The molecule has 2 atom stereocenters. The average Bonchev–Trinajstić information content (AvgIpc) is 2.45. The fraction of sp³-hybridized carbons (Fsp3) is 0.905. The van der Waals surface area contributed by atoms with Crippen molar-refractivity contribution in [1.82, 2.24) is 0 Å². The molecule has 0 heterocycles. The number of nitrogens with two attached hydrogens (primary N) is 2. The molecule has 0 radical (unpaired) electrons. The van der Waals surface area contributed by atoms with E-state index in [1.165, 1.54) is 0 Å². The van der Waals surface area contributed by atoms with Crippen molar-refractivity contribution in [2.24, 2.45) is 43.8 Å². The van der Waals surface area contributed by atoms with E-state index >= 15 is 0 Å². The standard InChI is InChI=1S/C21H44N4O/c1-15(17(25-23)14-24-16(2)22)20(8,9)21(10,11)26-13-12-19(6,7)18(3,4)5/h14-16H,12-13,22-23H2,1-11H3. The van der Waals surface area contributed by atoms with Crippen LogP contribution in [0.2, 0.25) is 0 Å². The highest BCUT2D eigenvalue weighted by molar-refractivity contribution is 6.31. The molecule has 154 valence electrons. The summed E-state index contributed by atoms with van der Waals surface area (Å²) in [6, 6.07) is 0. The Morgan fingerprint density at radius 1 is 1.00 bits per heavy atom. The van der Waals surface area contributed by atoms with E-state index in [-0.39, 0.29) is 33.9 Å². The summed E-state index contributed by atoms with van der Waals surface area (Å²) >= 11 is 0. The first-order valence-corrected chi connectivity index (χ1v) is 9.70. The maximum absolute atomic E-state index is 6.40. The predicted molar refractivity (Wildman–Crippen MR) is 115 cm³/mol. The molecule has 26 heavy (non-hydrogen) atoms. The maximum Gasteiger partial charge on any atom is 0.0941 e. The first-order chi connectivity index (χ1) is 11.5. The van der Waals surface area contributed by atoms with Gasteiger partial charge in [-0.25, -0.2) is 0 Å². The third-order valence-corrected chi connectivity index (χ3v) is 6.89. The Labute approximate surface area is 162 Å². The molecule has 0 aliphatic heterocycles. The molecule has 5 nitrogen and oxygen atoms in total. The van der Waals surface area contributed by atoms with Crippen LogP contribution in [0.25, 0.3) is 0 Å². The minimum Gasteiger partial charge on any atom is -0.375 e. The molecule has 0 aromatic heterocycles. The van der Waals surface area contributed by atoms with Gasteiger partial charge in [0.15, 0.2) is 0 Å². The summed E-state index contributed by atoms with van der Waals surface area (Å²) in [7, 11) is 0. The molecular formula is C21H44N4O. The van der Waals surface area contributed by atoms with E-state index in [4.69, 9.17) is 16.3 Å².